The molecule has 10 heavy (non-hydrogen) atoms. The Morgan fingerprint density at radius 3 is 2.60 bits per heavy atom. The Bertz CT molecular complexity index is 162. The lowest BCUT2D eigenvalue weighted by Gasteiger charge is -2.18. The van der Waals surface area contributed by atoms with E-state index >= 15 is 0 Å². The van der Waals surface area contributed by atoms with Crippen LogP contribution < -0.4 is 0 Å². The van der Waals surface area contributed by atoms with Crippen LogP contribution in [0.15, 0.2) is 12.2 Å². The van der Waals surface area contributed by atoms with E-state index in [0.29, 0.717) is 6.42 Å². The summed E-state index contributed by atoms with van der Waals surface area (Å²) in [5.74, 6) is -1.39. The van der Waals surface area contributed by atoms with Crippen molar-refractivity contribution >= 4 is 0 Å². The summed E-state index contributed by atoms with van der Waals surface area (Å²) in [5, 5.41) is 0. The van der Waals surface area contributed by atoms with Crippen molar-refractivity contribution in [2.24, 2.45) is 5.92 Å². The van der Waals surface area contributed by atoms with Crippen molar-refractivity contribution in [3.8, 4) is 0 Å². The molecule has 0 aromatic rings. The van der Waals surface area contributed by atoms with Gasteiger partial charge in [0.25, 0.3) is 0 Å². The molecule has 2 atom stereocenters. The van der Waals surface area contributed by atoms with E-state index in [9.17, 15) is 13.2 Å². The molecule has 0 aromatic heterocycles. The third kappa shape index (κ3) is 1.75. The molecular formula is C7H9F3. The lowest BCUT2D eigenvalue weighted by Crippen LogP contribution is -2.22. The molecule has 58 valence electrons. The average Bonchev–Trinajstić information content (AvgIpc) is 1.86. The summed E-state index contributed by atoms with van der Waals surface area (Å²) in [6, 6.07) is 0. The predicted molar refractivity (Wildman–Crippen MR) is 32.5 cm³/mol. The molecule has 0 fully saturated rings. The second kappa shape index (κ2) is 2.64. The summed E-state index contributed by atoms with van der Waals surface area (Å²) in [6.07, 6.45) is -1.76. The summed E-state index contributed by atoms with van der Waals surface area (Å²) >= 11 is 0. The molecule has 0 amide bonds. The minimum absolute atomic E-state index is 0.0833. The van der Waals surface area contributed by atoms with Gasteiger partial charge in [-0.15, -0.1) is 0 Å². The molecule has 0 aromatic carbocycles. The van der Waals surface area contributed by atoms with Gasteiger partial charge >= 0.3 is 6.18 Å². The number of hydrogen-bond donors (Lipinski definition) is 0. The molecule has 0 nitrogen and oxygen atoms in total. The van der Waals surface area contributed by atoms with Crippen LogP contribution >= 0.6 is 0 Å². The Balaban J connectivity index is 2.60. The van der Waals surface area contributed by atoms with Crippen LogP contribution in [0.25, 0.3) is 0 Å². The van der Waals surface area contributed by atoms with E-state index in [0.717, 1.165) is 6.08 Å². The number of alkyl halides is 3. The number of rotatable bonds is 0. The normalized spacial score (nSPS) is 35.7. The maximum atomic E-state index is 12.0. The summed E-state index contributed by atoms with van der Waals surface area (Å²) in [4.78, 5) is 0. The van der Waals surface area contributed by atoms with Crippen LogP contribution in [0, 0.1) is 5.92 Å². The van der Waals surface area contributed by atoms with Gasteiger partial charge in [-0.3, -0.25) is 0 Å². The quantitative estimate of drug-likeness (QED) is 0.467. The van der Waals surface area contributed by atoms with Crippen LogP contribution in [0.4, 0.5) is 13.2 Å². The van der Waals surface area contributed by atoms with Gasteiger partial charge in [0, 0.05) is 1.37 Å². The Hall–Kier alpha value is -0.470. The zero-order chi connectivity index (χ0) is 8.48. The molecule has 0 saturated carbocycles. The first-order valence-corrected chi connectivity index (χ1v) is 3.16. The maximum absolute atomic E-state index is 12.0. The average molecular weight is 151 g/mol. The van der Waals surface area contributed by atoms with E-state index < -0.39 is 18.5 Å². The third-order valence-corrected chi connectivity index (χ3v) is 1.51. The maximum Gasteiger partial charge on any atom is 0.395 e. The van der Waals surface area contributed by atoms with Crippen LogP contribution in [0.2, 0.25) is 0 Å². The van der Waals surface area contributed by atoms with Crippen molar-refractivity contribution in [1.82, 2.24) is 0 Å². The Morgan fingerprint density at radius 1 is 1.50 bits per heavy atom. The van der Waals surface area contributed by atoms with E-state index in [1.54, 1.807) is 0 Å². The fourth-order valence-electron chi connectivity index (χ4n) is 0.936. The highest BCUT2D eigenvalue weighted by atomic mass is 19.4. The Labute approximate surface area is 59.1 Å². The second-order valence-electron chi connectivity index (χ2n) is 2.34. The summed E-state index contributed by atoms with van der Waals surface area (Å²) in [7, 11) is 0. The Morgan fingerprint density at radius 2 is 2.20 bits per heavy atom. The number of allylic oxidation sites excluding steroid dienone is 2. The topological polar surface area (TPSA) is 0 Å². The molecule has 0 unspecified atom stereocenters. The van der Waals surface area contributed by atoms with Gasteiger partial charge in [0.2, 0.25) is 0 Å². The molecule has 1 rings (SSSR count). The van der Waals surface area contributed by atoms with Crippen molar-refractivity contribution in [2.45, 2.75) is 25.4 Å². The molecule has 0 radical (unpaired) electrons. The van der Waals surface area contributed by atoms with Crippen LogP contribution in [0.5, 0.6) is 0 Å². The minimum Gasteiger partial charge on any atom is -0.170 e. The zero-order valence-corrected chi connectivity index (χ0v) is 5.36. The van der Waals surface area contributed by atoms with E-state index in [1.807, 2.05) is 0 Å². The summed E-state index contributed by atoms with van der Waals surface area (Å²) < 4.78 is 43.1. The molecule has 0 bridgehead atoms. The fourth-order valence-corrected chi connectivity index (χ4v) is 0.936. The van der Waals surface area contributed by atoms with Gasteiger partial charge in [-0.05, 0) is 19.2 Å². The van der Waals surface area contributed by atoms with Crippen molar-refractivity contribution in [3.05, 3.63) is 12.2 Å². The standard InChI is InChI=1S/C7H9F3/c8-7(9,10)6-4-2-1-3-5-6/h2,4,6H,1,3,5H2/t6-/m1/s1/i3D/t3-,6+/m0. The monoisotopic (exact) mass is 151 g/mol. The molecule has 1 aliphatic carbocycles. The molecule has 3 heteroatoms. The first-order chi connectivity index (χ1) is 5.00. The molecule has 0 aliphatic heterocycles. The van der Waals surface area contributed by atoms with E-state index in [1.165, 1.54) is 6.08 Å². The smallest absolute Gasteiger partial charge is 0.170 e. The molecule has 0 N–H and O–H groups in total. The summed E-state index contributed by atoms with van der Waals surface area (Å²) in [5.41, 5.74) is 0. The lowest BCUT2D eigenvalue weighted by molar-refractivity contribution is -0.163. The fraction of sp³-hybridized carbons (Fsp3) is 0.714. The highest BCUT2D eigenvalue weighted by Crippen LogP contribution is 2.33. The van der Waals surface area contributed by atoms with E-state index in [-0.39, 0.29) is 6.42 Å². The van der Waals surface area contributed by atoms with Gasteiger partial charge < -0.3 is 0 Å². The lowest BCUT2D eigenvalue weighted by atomic mass is 9.96. The van der Waals surface area contributed by atoms with Crippen LogP contribution in [0.3, 0.4) is 0 Å². The molecule has 1 aliphatic rings. The van der Waals surface area contributed by atoms with Crippen molar-refractivity contribution in [3.63, 3.8) is 0 Å². The van der Waals surface area contributed by atoms with Gasteiger partial charge in [0.05, 0.1) is 5.92 Å². The van der Waals surface area contributed by atoms with E-state index in [4.69, 9.17) is 1.37 Å². The Kier molecular flexibility index (Phi) is 1.65. The van der Waals surface area contributed by atoms with Crippen molar-refractivity contribution < 1.29 is 14.5 Å². The second-order valence-corrected chi connectivity index (χ2v) is 2.34. The zero-order valence-electron chi connectivity index (χ0n) is 6.36. The molecule has 0 spiro atoms. The van der Waals surface area contributed by atoms with Crippen molar-refractivity contribution in [1.29, 1.82) is 0 Å². The number of halogens is 3. The van der Waals surface area contributed by atoms with Gasteiger partial charge in [0.1, 0.15) is 0 Å². The van der Waals surface area contributed by atoms with Crippen LogP contribution in [-0.4, -0.2) is 6.18 Å². The third-order valence-electron chi connectivity index (χ3n) is 1.51. The van der Waals surface area contributed by atoms with Gasteiger partial charge in [-0.25, -0.2) is 0 Å². The van der Waals surface area contributed by atoms with Crippen LogP contribution in [0.1, 0.15) is 20.6 Å². The highest BCUT2D eigenvalue weighted by molar-refractivity contribution is 4.95. The minimum atomic E-state index is -4.16. The molecular weight excluding hydrogens is 141 g/mol. The largest absolute Gasteiger partial charge is 0.395 e. The van der Waals surface area contributed by atoms with Gasteiger partial charge in [-0.2, -0.15) is 13.2 Å². The first-order valence-electron chi connectivity index (χ1n) is 3.73. The van der Waals surface area contributed by atoms with Gasteiger partial charge in [0.15, 0.2) is 0 Å². The molecule has 0 heterocycles. The number of hydrogen-bond acceptors (Lipinski definition) is 0. The van der Waals surface area contributed by atoms with Gasteiger partial charge in [-0.1, -0.05) is 12.2 Å². The van der Waals surface area contributed by atoms with E-state index in [2.05, 4.69) is 0 Å². The van der Waals surface area contributed by atoms with Crippen molar-refractivity contribution in [2.75, 3.05) is 0 Å². The highest BCUT2D eigenvalue weighted by Gasteiger charge is 2.37. The molecule has 0 saturated heterocycles. The summed E-state index contributed by atoms with van der Waals surface area (Å²) in [6.45, 7) is 0. The van der Waals surface area contributed by atoms with Crippen LogP contribution in [-0.2, 0) is 0 Å². The predicted octanol–water partition coefficient (Wildman–Crippen LogP) is 2.91. The first kappa shape index (κ1) is 6.25. The SMILES string of the molecule is [2H][C@H]1CC=C[C@@H](C(F)(F)F)C1.